The van der Waals surface area contributed by atoms with Gasteiger partial charge in [0, 0.05) is 11.1 Å². The van der Waals surface area contributed by atoms with Gasteiger partial charge >= 0.3 is 31.3 Å². The fourth-order valence-electron chi connectivity index (χ4n) is 4.34. The number of rotatable bonds is 5. The largest absolute Gasteiger partial charge is 0.534 e. The van der Waals surface area contributed by atoms with Gasteiger partial charge in [-0.15, -0.1) is 0 Å². The molecule has 0 fully saturated rings. The summed E-state index contributed by atoms with van der Waals surface area (Å²) in [7, 11) is -12.5. The summed E-state index contributed by atoms with van der Waals surface area (Å²) in [5.74, 6) is -1.77. The molecule has 4 aromatic rings. The molecule has 0 saturated carbocycles. The lowest BCUT2D eigenvalue weighted by atomic mass is 9.88. The highest BCUT2D eigenvalue weighted by molar-refractivity contribution is 7.88. The number of fused-ring (bicyclic) bond motifs is 2. The maximum absolute atomic E-state index is 13.4. The van der Waals surface area contributed by atoms with Crippen molar-refractivity contribution in [1.82, 2.24) is 0 Å². The molecule has 0 N–H and O–H groups in total. The molecule has 0 aliphatic carbocycles. The highest BCUT2D eigenvalue weighted by Gasteiger charge is 2.50. The molecule has 4 rings (SSSR count). The van der Waals surface area contributed by atoms with Gasteiger partial charge in [0.25, 0.3) is 0 Å². The Morgan fingerprint density at radius 3 is 1.15 bits per heavy atom. The summed E-state index contributed by atoms with van der Waals surface area (Å²) in [4.78, 5) is 0. The van der Waals surface area contributed by atoms with Crippen molar-refractivity contribution in [3.63, 3.8) is 0 Å². The van der Waals surface area contributed by atoms with Gasteiger partial charge in [-0.3, -0.25) is 0 Å². The van der Waals surface area contributed by atoms with E-state index in [-0.39, 0.29) is 21.9 Å². The lowest BCUT2D eigenvalue weighted by Crippen LogP contribution is -2.28. The van der Waals surface area contributed by atoms with Crippen LogP contribution in [0.25, 0.3) is 32.7 Å². The SMILES string of the molecule is Cc1ccc2c(-c3c(OS(=O)(=O)C(F)(F)F)cc(C)c4cc(C)ccc34)c(OS(=O)(=O)C(F)(F)F)cc(C)c2c1. The molecule has 0 bridgehead atoms. The number of hydrogen-bond donors (Lipinski definition) is 0. The molecule has 14 heteroatoms. The Kier molecular flexibility index (Phi) is 7.03. The molecule has 0 spiro atoms. The van der Waals surface area contributed by atoms with Crippen LogP contribution in [0.15, 0.2) is 48.5 Å². The minimum Gasteiger partial charge on any atom is -0.375 e. The van der Waals surface area contributed by atoms with E-state index in [1.807, 2.05) is 0 Å². The zero-order chi connectivity index (χ0) is 30.0. The zero-order valence-corrected chi connectivity index (χ0v) is 22.8. The van der Waals surface area contributed by atoms with Crippen molar-refractivity contribution in [2.45, 2.75) is 38.7 Å². The van der Waals surface area contributed by atoms with Gasteiger partial charge in [-0.05, 0) is 72.5 Å². The third kappa shape index (κ3) is 5.17. The van der Waals surface area contributed by atoms with Crippen molar-refractivity contribution < 1.29 is 51.5 Å². The highest BCUT2D eigenvalue weighted by Crippen LogP contribution is 2.49. The summed E-state index contributed by atoms with van der Waals surface area (Å²) < 4.78 is 138. The van der Waals surface area contributed by atoms with Crippen LogP contribution in [-0.4, -0.2) is 27.9 Å². The van der Waals surface area contributed by atoms with Crippen LogP contribution in [0.2, 0.25) is 0 Å². The number of alkyl halides is 6. The van der Waals surface area contributed by atoms with Crippen molar-refractivity contribution in [2.24, 2.45) is 0 Å². The van der Waals surface area contributed by atoms with Crippen molar-refractivity contribution >= 4 is 41.8 Å². The van der Waals surface area contributed by atoms with Crippen LogP contribution in [0.3, 0.4) is 0 Å². The Labute approximate surface area is 225 Å². The minimum absolute atomic E-state index is 0.0814. The van der Waals surface area contributed by atoms with E-state index >= 15 is 0 Å². The molecule has 0 amide bonds. The van der Waals surface area contributed by atoms with Crippen molar-refractivity contribution in [3.8, 4) is 22.6 Å². The number of halogens is 6. The third-order valence-corrected chi connectivity index (χ3v) is 8.07. The van der Waals surface area contributed by atoms with E-state index in [2.05, 4.69) is 8.37 Å². The number of aryl methyl sites for hydroxylation is 4. The quantitative estimate of drug-likeness (QED) is 0.134. The predicted molar refractivity (Wildman–Crippen MR) is 137 cm³/mol. The average Bonchev–Trinajstić information content (AvgIpc) is 2.79. The van der Waals surface area contributed by atoms with Crippen LogP contribution in [0.5, 0.6) is 11.5 Å². The molecule has 40 heavy (non-hydrogen) atoms. The maximum Gasteiger partial charge on any atom is 0.534 e. The summed E-state index contributed by atoms with van der Waals surface area (Å²) in [5, 5.41) is 0.963. The molecular formula is C26H20F6O6S2. The van der Waals surface area contributed by atoms with Crippen LogP contribution in [0.1, 0.15) is 22.3 Å². The second-order valence-electron chi connectivity index (χ2n) is 9.20. The molecule has 0 atom stereocenters. The molecule has 0 saturated heterocycles. The first-order valence-electron chi connectivity index (χ1n) is 11.3. The lowest BCUT2D eigenvalue weighted by molar-refractivity contribution is -0.0505. The summed E-state index contributed by atoms with van der Waals surface area (Å²) in [6.45, 7) is 6.37. The molecule has 4 aromatic carbocycles. The first-order chi connectivity index (χ1) is 18.2. The van der Waals surface area contributed by atoms with E-state index in [0.29, 0.717) is 21.9 Å². The summed E-state index contributed by atoms with van der Waals surface area (Å²) in [6, 6.07) is 11.2. The van der Waals surface area contributed by atoms with Crippen LogP contribution in [0.4, 0.5) is 26.3 Å². The fraction of sp³-hybridized carbons (Fsp3) is 0.231. The van der Waals surface area contributed by atoms with Gasteiger partial charge in [0.05, 0.1) is 0 Å². The van der Waals surface area contributed by atoms with E-state index in [9.17, 15) is 43.2 Å². The monoisotopic (exact) mass is 606 g/mol. The maximum atomic E-state index is 13.4. The molecule has 0 heterocycles. The van der Waals surface area contributed by atoms with Crippen molar-refractivity contribution in [1.29, 1.82) is 0 Å². The Hall–Kier alpha value is -3.52. The molecule has 0 radical (unpaired) electrons. The van der Waals surface area contributed by atoms with E-state index in [1.165, 1.54) is 26.0 Å². The van der Waals surface area contributed by atoms with Gasteiger partial charge in [0.15, 0.2) is 11.5 Å². The van der Waals surface area contributed by atoms with Crippen molar-refractivity contribution in [2.75, 3.05) is 0 Å². The molecule has 0 aromatic heterocycles. The van der Waals surface area contributed by atoms with Crippen LogP contribution >= 0.6 is 0 Å². The van der Waals surface area contributed by atoms with Gasteiger partial charge in [-0.2, -0.15) is 43.2 Å². The number of benzene rings is 4. The Balaban J connectivity index is 2.24. The minimum atomic E-state index is -6.25. The number of hydrogen-bond acceptors (Lipinski definition) is 6. The fourth-order valence-corrected chi connectivity index (χ4v) is 5.27. The Morgan fingerprint density at radius 1 is 0.525 bits per heavy atom. The second-order valence-corrected chi connectivity index (χ2v) is 12.3. The Bertz CT molecular complexity index is 1750. The van der Waals surface area contributed by atoms with E-state index in [4.69, 9.17) is 0 Å². The molecule has 0 unspecified atom stereocenters. The van der Waals surface area contributed by atoms with Crippen LogP contribution < -0.4 is 8.37 Å². The Morgan fingerprint density at radius 2 is 0.850 bits per heavy atom. The second kappa shape index (κ2) is 9.54. The van der Waals surface area contributed by atoms with Crippen molar-refractivity contribution in [3.05, 3.63) is 70.8 Å². The molecule has 6 nitrogen and oxygen atoms in total. The van der Waals surface area contributed by atoms with Gasteiger partial charge in [-0.25, -0.2) is 0 Å². The van der Waals surface area contributed by atoms with E-state index in [0.717, 1.165) is 12.1 Å². The topological polar surface area (TPSA) is 86.7 Å². The first kappa shape index (κ1) is 29.5. The third-order valence-electron chi connectivity index (χ3n) is 6.14. The van der Waals surface area contributed by atoms with Gasteiger partial charge in [0.1, 0.15) is 0 Å². The average molecular weight is 607 g/mol. The normalized spacial score (nSPS) is 13.2. The molecule has 0 aliphatic heterocycles. The molecular weight excluding hydrogens is 586 g/mol. The summed E-state index contributed by atoms with van der Waals surface area (Å²) in [6.07, 6.45) is 0. The van der Waals surface area contributed by atoms with Crippen LogP contribution in [-0.2, 0) is 20.2 Å². The van der Waals surface area contributed by atoms with Gasteiger partial charge in [-0.1, -0.05) is 47.5 Å². The zero-order valence-electron chi connectivity index (χ0n) is 21.2. The van der Waals surface area contributed by atoms with Gasteiger partial charge in [0.2, 0.25) is 0 Å². The first-order valence-corrected chi connectivity index (χ1v) is 14.1. The van der Waals surface area contributed by atoms with Gasteiger partial charge < -0.3 is 8.37 Å². The molecule has 0 aliphatic rings. The van der Waals surface area contributed by atoms with Crippen LogP contribution in [0, 0.1) is 27.7 Å². The highest BCUT2D eigenvalue weighted by atomic mass is 32.2. The predicted octanol–water partition coefficient (Wildman–Crippen LogP) is 7.35. The van der Waals surface area contributed by atoms with E-state index in [1.54, 1.807) is 38.1 Å². The smallest absolute Gasteiger partial charge is 0.375 e. The lowest BCUT2D eigenvalue weighted by Gasteiger charge is -2.22. The summed E-state index contributed by atoms with van der Waals surface area (Å²) >= 11 is 0. The van der Waals surface area contributed by atoms with E-state index < -0.39 is 53.9 Å². The summed E-state index contributed by atoms with van der Waals surface area (Å²) in [5.41, 5.74) is -10.5. The standard InChI is InChI=1S/C26H20F6O6S2/c1-13-5-7-17-19(9-13)15(3)11-21(37-39(33,34)25(27,28)29)23(17)24-18-8-6-14(2)10-20(18)16(4)12-22(24)38-40(35,36)26(30,31)32/h5-12H,1-4H3. The molecule has 214 valence electrons.